The molecule has 24 heavy (non-hydrogen) atoms. The lowest BCUT2D eigenvalue weighted by Gasteiger charge is -2.39. The van der Waals surface area contributed by atoms with E-state index < -0.39 is 0 Å². The smallest absolute Gasteiger partial charge is 0.241 e. The molecule has 0 unspecified atom stereocenters. The first-order chi connectivity index (χ1) is 11.5. The summed E-state index contributed by atoms with van der Waals surface area (Å²) in [5.41, 5.74) is 2.19. The molecule has 1 N–H and O–H groups in total. The molecular weight excluding hydrogens is 304 g/mol. The van der Waals surface area contributed by atoms with Gasteiger partial charge in [-0.05, 0) is 20.8 Å². The molecule has 0 bridgehead atoms. The van der Waals surface area contributed by atoms with Gasteiger partial charge in [-0.2, -0.15) is 4.98 Å². The van der Waals surface area contributed by atoms with Gasteiger partial charge in [-0.15, -0.1) is 0 Å². The van der Waals surface area contributed by atoms with Crippen LogP contribution in [0, 0.1) is 6.92 Å². The lowest BCUT2D eigenvalue weighted by atomic mass is 10.1. The van der Waals surface area contributed by atoms with Crippen molar-refractivity contribution in [2.75, 3.05) is 26.2 Å². The Balaban J connectivity index is 1.58. The maximum absolute atomic E-state index is 9.56. The molecule has 2 atom stereocenters. The molecule has 6 nitrogen and oxygen atoms in total. The van der Waals surface area contributed by atoms with Crippen molar-refractivity contribution in [3.63, 3.8) is 0 Å². The van der Waals surface area contributed by atoms with E-state index in [4.69, 9.17) is 4.52 Å². The van der Waals surface area contributed by atoms with E-state index in [0.29, 0.717) is 24.3 Å². The number of hydrogen-bond donors (Lipinski definition) is 1. The molecule has 0 amide bonds. The van der Waals surface area contributed by atoms with Crippen LogP contribution in [0.2, 0.25) is 0 Å². The number of aromatic nitrogens is 2. The van der Waals surface area contributed by atoms with Gasteiger partial charge in [0.05, 0.1) is 12.6 Å². The van der Waals surface area contributed by atoms with Crippen LogP contribution in [0.3, 0.4) is 0 Å². The SMILES string of the molecule is Cc1ccc(-c2noc(CN3CCN(C[C@@H](C)O)[C@@H](C)C3)n2)cc1. The van der Waals surface area contributed by atoms with Gasteiger partial charge in [-0.1, -0.05) is 35.0 Å². The van der Waals surface area contributed by atoms with Crippen LogP contribution >= 0.6 is 0 Å². The van der Waals surface area contributed by atoms with Gasteiger partial charge in [0.1, 0.15) is 0 Å². The Morgan fingerprint density at radius 1 is 1.29 bits per heavy atom. The average molecular weight is 330 g/mol. The molecule has 0 saturated carbocycles. The molecule has 3 rings (SSSR count). The maximum atomic E-state index is 9.56. The average Bonchev–Trinajstić information content (AvgIpc) is 2.99. The molecule has 0 radical (unpaired) electrons. The number of aliphatic hydroxyl groups excluding tert-OH is 1. The van der Waals surface area contributed by atoms with Gasteiger partial charge < -0.3 is 9.63 Å². The summed E-state index contributed by atoms with van der Waals surface area (Å²) in [5, 5.41) is 13.7. The van der Waals surface area contributed by atoms with Crippen molar-refractivity contribution in [2.45, 2.75) is 39.5 Å². The van der Waals surface area contributed by atoms with Crippen molar-refractivity contribution in [3.8, 4) is 11.4 Å². The Kier molecular flexibility index (Phi) is 5.28. The van der Waals surface area contributed by atoms with Crippen LogP contribution in [0.15, 0.2) is 28.8 Å². The third-order valence-corrected chi connectivity index (χ3v) is 4.48. The monoisotopic (exact) mass is 330 g/mol. The summed E-state index contributed by atoms with van der Waals surface area (Å²) in [5.74, 6) is 1.30. The molecule has 0 aliphatic carbocycles. The van der Waals surface area contributed by atoms with Crippen molar-refractivity contribution in [1.82, 2.24) is 19.9 Å². The Morgan fingerprint density at radius 2 is 2.04 bits per heavy atom. The second-order valence-electron chi connectivity index (χ2n) is 6.81. The van der Waals surface area contributed by atoms with Crippen LogP contribution in [-0.4, -0.2) is 63.4 Å². The summed E-state index contributed by atoms with van der Waals surface area (Å²) >= 11 is 0. The van der Waals surface area contributed by atoms with E-state index in [1.54, 1.807) is 0 Å². The van der Waals surface area contributed by atoms with E-state index in [2.05, 4.69) is 45.9 Å². The van der Waals surface area contributed by atoms with Crippen LogP contribution in [0.1, 0.15) is 25.3 Å². The minimum absolute atomic E-state index is 0.285. The molecule has 2 aromatic rings. The minimum Gasteiger partial charge on any atom is -0.392 e. The van der Waals surface area contributed by atoms with Crippen molar-refractivity contribution in [2.24, 2.45) is 0 Å². The number of nitrogens with zero attached hydrogens (tertiary/aromatic N) is 4. The molecule has 1 fully saturated rings. The highest BCUT2D eigenvalue weighted by Crippen LogP contribution is 2.18. The first kappa shape index (κ1) is 17.1. The fourth-order valence-corrected chi connectivity index (χ4v) is 3.16. The van der Waals surface area contributed by atoms with Crippen LogP contribution in [0.4, 0.5) is 0 Å². The van der Waals surface area contributed by atoms with Gasteiger partial charge in [0.2, 0.25) is 11.7 Å². The van der Waals surface area contributed by atoms with Crippen LogP contribution in [0.25, 0.3) is 11.4 Å². The Labute approximate surface area is 143 Å². The summed E-state index contributed by atoms with van der Waals surface area (Å²) in [6, 6.07) is 8.54. The van der Waals surface area contributed by atoms with Crippen molar-refractivity contribution >= 4 is 0 Å². The first-order valence-electron chi connectivity index (χ1n) is 8.55. The first-order valence-corrected chi connectivity index (χ1v) is 8.55. The van der Waals surface area contributed by atoms with Crippen LogP contribution in [-0.2, 0) is 6.54 Å². The molecule has 1 saturated heterocycles. The van der Waals surface area contributed by atoms with Crippen LogP contribution in [0.5, 0.6) is 0 Å². The highest BCUT2D eigenvalue weighted by molar-refractivity contribution is 5.54. The Hall–Kier alpha value is -1.76. The van der Waals surface area contributed by atoms with Gasteiger partial charge in [-0.3, -0.25) is 9.80 Å². The van der Waals surface area contributed by atoms with Gasteiger partial charge in [-0.25, -0.2) is 0 Å². The second-order valence-corrected chi connectivity index (χ2v) is 6.81. The summed E-state index contributed by atoms with van der Waals surface area (Å²) in [7, 11) is 0. The molecule has 130 valence electrons. The van der Waals surface area contributed by atoms with E-state index in [9.17, 15) is 5.11 Å². The van der Waals surface area contributed by atoms with E-state index in [1.165, 1.54) is 5.56 Å². The fraction of sp³-hybridized carbons (Fsp3) is 0.556. The van der Waals surface area contributed by atoms with Gasteiger partial charge >= 0.3 is 0 Å². The normalized spacial score (nSPS) is 21.1. The third kappa shape index (κ3) is 4.20. The van der Waals surface area contributed by atoms with E-state index >= 15 is 0 Å². The zero-order valence-electron chi connectivity index (χ0n) is 14.6. The quantitative estimate of drug-likeness (QED) is 0.904. The zero-order valence-corrected chi connectivity index (χ0v) is 14.6. The van der Waals surface area contributed by atoms with Crippen molar-refractivity contribution < 1.29 is 9.63 Å². The van der Waals surface area contributed by atoms with Crippen molar-refractivity contribution in [3.05, 3.63) is 35.7 Å². The molecule has 2 heterocycles. The summed E-state index contributed by atoms with van der Waals surface area (Å²) < 4.78 is 5.42. The van der Waals surface area contributed by atoms with Gasteiger partial charge in [0.25, 0.3) is 0 Å². The molecule has 1 aromatic carbocycles. The number of hydrogen-bond acceptors (Lipinski definition) is 6. The van der Waals surface area contributed by atoms with Crippen molar-refractivity contribution in [1.29, 1.82) is 0 Å². The number of β-amino-alcohol motifs (C(OH)–C–C–N with tert-alkyl or cyclic N) is 1. The third-order valence-electron chi connectivity index (χ3n) is 4.48. The minimum atomic E-state index is -0.285. The number of benzene rings is 1. The van der Waals surface area contributed by atoms with Gasteiger partial charge in [0, 0.05) is 37.8 Å². The summed E-state index contributed by atoms with van der Waals surface area (Å²) in [4.78, 5) is 9.18. The highest BCUT2D eigenvalue weighted by Gasteiger charge is 2.25. The molecule has 1 aliphatic rings. The predicted octanol–water partition coefficient (Wildman–Crippen LogP) is 1.93. The number of aryl methyl sites for hydroxylation is 1. The summed E-state index contributed by atoms with van der Waals surface area (Å²) in [6.07, 6.45) is -0.285. The van der Waals surface area contributed by atoms with Gasteiger partial charge in [0.15, 0.2) is 0 Å². The van der Waals surface area contributed by atoms with E-state index in [-0.39, 0.29) is 6.10 Å². The lowest BCUT2D eigenvalue weighted by Crippen LogP contribution is -2.53. The number of rotatable bonds is 5. The zero-order chi connectivity index (χ0) is 17.1. The van der Waals surface area contributed by atoms with E-state index in [1.807, 2.05) is 19.1 Å². The fourth-order valence-electron chi connectivity index (χ4n) is 3.16. The molecule has 6 heteroatoms. The molecule has 1 aromatic heterocycles. The van der Waals surface area contributed by atoms with E-state index in [0.717, 1.165) is 31.7 Å². The number of aliphatic hydroxyl groups is 1. The lowest BCUT2D eigenvalue weighted by molar-refractivity contribution is 0.0385. The second kappa shape index (κ2) is 7.42. The Bertz CT molecular complexity index is 653. The standard InChI is InChI=1S/C18H26N4O2/c1-13-4-6-16(7-5-13)18-19-17(24-20-18)12-21-8-9-22(11-15(3)23)14(2)10-21/h4-7,14-15,23H,8-12H2,1-3H3/t14-,15+/m0/s1. The molecule has 1 aliphatic heterocycles. The number of piperazine rings is 1. The maximum Gasteiger partial charge on any atom is 0.241 e. The predicted molar refractivity (Wildman–Crippen MR) is 92.5 cm³/mol. The molecular formula is C18H26N4O2. The summed E-state index contributed by atoms with van der Waals surface area (Å²) in [6.45, 7) is 10.3. The Morgan fingerprint density at radius 3 is 2.71 bits per heavy atom. The largest absolute Gasteiger partial charge is 0.392 e. The highest BCUT2D eigenvalue weighted by atomic mass is 16.5. The van der Waals surface area contributed by atoms with Crippen LogP contribution < -0.4 is 0 Å². The molecule has 0 spiro atoms. The topological polar surface area (TPSA) is 65.6 Å².